The maximum atomic E-state index is 11.3. The van der Waals surface area contributed by atoms with Crippen molar-refractivity contribution < 1.29 is 39.6 Å². The molecule has 0 unspecified atom stereocenters. The van der Waals surface area contributed by atoms with E-state index in [0.29, 0.717) is 36.8 Å². The molecular formula is C25H39NO8. The van der Waals surface area contributed by atoms with Gasteiger partial charge >= 0.3 is 23.9 Å². The van der Waals surface area contributed by atoms with Gasteiger partial charge in [0, 0.05) is 6.20 Å². The Kier molecular flexibility index (Phi) is 14.4. The molecule has 0 aromatic carbocycles. The molecule has 9 heteroatoms. The van der Waals surface area contributed by atoms with Crippen LogP contribution in [0.15, 0.2) is 6.20 Å². The van der Waals surface area contributed by atoms with Gasteiger partial charge in [-0.2, -0.15) is 0 Å². The van der Waals surface area contributed by atoms with Crippen molar-refractivity contribution in [1.82, 2.24) is 4.98 Å². The van der Waals surface area contributed by atoms with Gasteiger partial charge in [-0.15, -0.1) is 0 Å². The third-order valence-corrected chi connectivity index (χ3v) is 5.69. The topological polar surface area (TPSA) is 162 Å². The lowest BCUT2D eigenvalue weighted by atomic mass is 9.75. The fourth-order valence-electron chi connectivity index (χ4n) is 3.92. The zero-order chi connectivity index (χ0) is 26.3. The van der Waals surface area contributed by atoms with Crippen molar-refractivity contribution in [2.24, 2.45) is 5.41 Å². The summed E-state index contributed by atoms with van der Waals surface area (Å²) < 4.78 is 0. The Morgan fingerprint density at radius 3 is 1.62 bits per heavy atom. The van der Waals surface area contributed by atoms with E-state index in [1.54, 1.807) is 0 Å². The van der Waals surface area contributed by atoms with E-state index in [1.807, 2.05) is 27.7 Å². The van der Waals surface area contributed by atoms with E-state index in [-0.39, 0.29) is 17.7 Å². The number of carboxylic acids is 4. The molecule has 0 fully saturated rings. The molecule has 0 aliphatic carbocycles. The zero-order valence-electron chi connectivity index (χ0n) is 20.7. The first-order valence-electron chi connectivity index (χ1n) is 11.9. The van der Waals surface area contributed by atoms with Crippen LogP contribution in [-0.2, 0) is 22.4 Å². The van der Waals surface area contributed by atoms with Gasteiger partial charge in [-0.1, -0.05) is 66.2 Å². The van der Waals surface area contributed by atoms with Crippen molar-refractivity contribution in [3.8, 4) is 0 Å². The van der Waals surface area contributed by atoms with Crippen LogP contribution in [0.5, 0.6) is 0 Å². The number of aliphatic carboxylic acids is 2. The van der Waals surface area contributed by atoms with Crippen LogP contribution in [-0.4, -0.2) is 49.3 Å². The lowest BCUT2D eigenvalue weighted by Crippen LogP contribution is -2.33. The number of rotatable bonds is 15. The van der Waals surface area contributed by atoms with Crippen LogP contribution in [0.25, 0.3) is 0 Å². The first kappa shape index (κ1) is 31.0. The number of carbonyl (C=O) groups is 4. The van der Waals surface area contributed by atoms with Crippen molar-refractivity contribution in [3.63, 3.8) is 0 Å². The van der Waals surface area contributed by atoms with Crippen molar-refractivity contribution >= 4 is 23.9 Å². The Hall–Kier alpha value is -2.97. The number of carboxylic acid groups (broad SMARTS) is 4. The average Bonchev–Trinajstić information content (AvgIpc) is 2.76. The van der Waals surface area contributed by atoms with E-state index in [9.17, 15) is 24.3 Å². The van der Waals surface area contributed by atoms with Gasteiger partial charge in [0.05, 0.1) is 17.4 Å². The minimum atomic E-state index is -1.10. The second-order valence-corrected chi connectivity index (χ2v) is 8.45. The summed E-state index contributed by atoms with van der Waals surface area (Å²) >= 11 is 0. The first-order chi connectivity index (χ1) is 16.0. The molecule has 0 radical (unpaired) electrons. The summed E-state index contributed by atoms with van der Waals surface area (Å²) in [5.41, 5.74) is 0.208. The predicted molar refractivity (Wildman–Crippen MR) is 128 cm³/mol. The number of nitrogens with zero attached hydrogens (tertiary/aromatic N) is 1. The Morgan fingerprint density at radius 1 is 0.765 bits per heavy atom. The quantitative estimate of drug-likeness (QED) is 0.260. The van der Waals surface area contributed by atoms with Gasteiger partial charge < -0.3 is 20.4 Å². The van der Waals surface area contributed by atoms with Crippen molar-refractivity contribution in [2.75, 3.05) is 0 Å². The summed E-state index contributed by atoms with van der Waals surface area (Å²) in [7, 11) is 0. The molecule has 9 nitrogen and oxygen atoms in total. The van der Waals surface area contributed by atoms with Crippen molar-refractivity contribution in [1.29, 1.82) is 0 Å². The largest absolute Gasteiger partial charge is 0.481 e. The third kappa shape index (κ3) is 9.49. The fraction of sp³-hybridized carbons (Fsp3) is 0.640. The summed E-state index contributed by atoms with van der Waals surface area (Å²) in [6.45, 7) is 7.82. The third-order valence-electron chi connectivity index (χ3n) is 5.69. The number of pyridine rings is 1. The SMILES string of the molecule is CCCCC(CCCC)(CC(=O)O)C(=O)O.CCCc1c(C(=O)O)cnc(C(=O)O)c1CCC. The van der Waals surface area contributed by atoms with Gasteiger partial charge in [0.25, 0.3) is 0 Å². The van der Waals surface area contributed by atoms with Crippen LogP contribution < -0.4 is 0 Å². The molecular weight excluding hydrogens is 442 g/mol. The first-order valence-corrected chi connectivity index (χ1v) is 11.9. The molecule has 1 heterocycles. The maximum absolute atomic E-state index is 11.3. The van der Waals surface area contributed by atoms with Gasteiger partial charge in [0.1, 0.15) is 0 Å². The molecule has 0 amide bonds. The Balaban J connectivity index is 0.000000646. The molecule has 34 heavy (non-hydrogen) atoms. The van der Waals surface area contributed by atoms with Crippen LogP contribution in [0.4, 0.5) is 0 Å². The standard InChI is InChI=1S/C13H17NO4.C12H22O4/c1-3-5-8-9(6-4-2)11(13(17)18)14-7-10(8)12(15)16;1-3-5-7-12(11(15)16,8-6-4-2)9-10(13)14/h7H,3-6H2,1-2H3,(H,15,16)(H,17,18);3-9H2,1-2H3,(H,13,14)(H,15,16). The number of hydrogen-bond acceptors (Lipinski definition) is 5. The number of aromatic nitrogens is 1. The fourth-order valence-corrected chi connectivity index (χ4v) is 3.92. The van der Waals surface area contributed by atoms with Crippen LogP contribution in [0.1, 0.15) is 117 Å². The van der Waals surface area contributed by atoms with Crippen LogP contribution in [0, 0.1) is 5.41 Å². The lowest BCUT2D eigenvalue weighted by molar-refractivity contribution is -0.157. The zero-order valence-corrected chi connectivity index (χ0v) is 20.7. The molecule has 0 bridgehead atoms. The van der Waals surface area contributed by atoms with Gasteiger partial charge in [0.2, 0.25) is 0 Å². The van der Waals surface area contributed by atoms with E-state index in [2.05, 4.69) is 4.98 Å². The Labute approximate surface area is 201 Å². The molecule has 0 atom stereocenters. The van der Waals surface area contributed by atoms with Crippen LogP contribution in [0.2, 0.25) is 0 Å². The monoisotopic (exact) mass is 481 g/mol. The molecule has 1 aromatic rings. The van der Waals surface area contributed by atoms with E-state index >= 15 is 0 Å². The summed E-state index contributed by atoms with van der Waals surface area (Å²) in [6, 6.07) is 0. The normalized spacial score (nSPS) is 10.8. The molecule has 4 N–H and O–H groups in total. The van der Waals surface area contributed by atoms with Gasteiger partial charge in [-0.25, -0.2) is 14.6 Å². The molecule has 192 valence electrons. The summed E-state index contributed by atoms with van der Waals surface area (Å²) in [5.74, 6) is -4.14. The summed E-state index contributed by atoms with van der Waals surface area (Å²) in [5, 5.41) is 36.3. The molecule has 1 aromatic heterocycles. The maximum Gasteiger partial charge on any atom is 0.354 e. The molecule has 0 saturated heterocycles. The average molecular weight is 482 g/mol. The molecule has 0 spiro atoms. The predicted octanol–water partition coefficient (Wildman–Crippen LogP) is 5.30. The lowest BCUT2D eigenvalue weighted by Gasteiger charge is -2.27. The minimum Gasteiger partial charge on any atom is -0.481 e. The highest BCUT2D eigenvalue weighted by atomic mass is 16.4. The molecule has 0 aliphatic heterocycles. The Bertz CT molecular complexity index is 783. The van der Waals surface area contributed by atoms with Gasteiger partial charge in [-0.05, 0) is 36.8 Å². The van der Waals surface area contributed by atoms with Crippen LogP contribution in [0.3, 0.4) is 0 Å². The smallest absolute Gasteiger partial charge is 0.354 e. The highest BCUT2D eigenvalue weighted by molar-refractivity contribution is 5.93. The number of aromatic carboxylic acids is 2. The Morgan fingerprint density at radius 2 is 1.26 bits per heavy atom. The molecule has 0 saturated carbocycles. The highest BCUT2D eigenvalue weighted by Gasteiger charge is 2.39. The van der Waals surface area contributed by atoms with E-state index in [0.717, 1.165) is 44.7 Å². The summed E-state index contributed by atoms with van der Waals surface area (Å²) in [4.78, 5) is 48.1. The van der Waals surface area contributed by atoms with Gasteiger partial charge in [-0.3, -0.25) is 9.59 Å². The highest BCUT2D eigenvalue weighted by Crippen LogP contribution is 2.35. The molecule has 1 rings (SSSR count). The van der Waals surface area contributed by atoms with E-state index in [1.165, 1.54) is 0 Å². The number of hydrogen-bond donors (Lipinski definition) is 4. The van der Waals surface area contributed by atoms with E-state index in [4.69, 9.17) is 15.3 Å². The van der Waals surface area contributed by atoms with E-state index < -0.39 is 29.3 Å². The molecule has 0 aliphatic rings. The van der Waals surface area contributed by atoms with Crippen LogP contribution >= 0.6 is 0 Å². The van der Waals surface area contributed by atoms with Crippen molar-refractivity contribution in [2.45, 2.75) is 98.3 Å². The minimum absolute atomic E-state index is 0.0229. The van der Waals surface area contributed by atoms with Gasteiger partial charge in [0.15, 0.2) is 5.69 Å². The summed E-state index contributed by atoms with van der Waals surface area (Å²) in [6.07, 6.45) is 7.73. The number of unbranched alkanes of at least 4 members (excludes halogenated alkanes) is 2. The second-order valence-electron chi connectivity index (χ2n) is 8.45. The second kappa shape index (κ2) is 15.8. The van der Waals surface area contributed by atoms with Crippen molar-refractivity contribution in [3.05, 3.63) is 28.6 Å².